The van der Waals surface area contributed by atoms with Crippen molar-refractivity contribution in [3.8, 4) is 22.9 Å². The molecule has 2 aliphatic heterocycles. The summed E-state index contributed by atoms with van der Waals surface area (Å²) >= 11 is 0. The fourth-order valence-corrected chi connectivity index (χ4v) is 4.68. The zero-order valence-electron chi connectivity index (χ0n) is 15.7. The minimum absolute atomic E-state index is 0.121. The molecule has 1 N–H and O–H groups in total. The van der Waals surface area contributed by atoms with Gasteiger partial charge in [-0.25, -0.2) is 8.42 Å². The molecule has 3 aromatic rings. The molecule has 3 heterocycles. The van der Waals surface area contributed by atoms with Crippen LogP contribution in [0.3, 0.4) is 0 Å². The lowest BCUT2D eigenvalue weighted by molar-refractivity contribution is 0.297. The second kappa shape index (κ2) is 7.07. The van der Waals surface area contributed by atoms with Gasteiger partial charge >= 0.3 is 0 Å². The fraction of sp³-hybridized carbons (Fsp3) is 0.300. The third-order valence-electron chi connectivity index (χ3n) is 5.01. The van der Waals surface area contributed by atoms with Crippen molar-refractivity contribution in [3.63, 3.8) is 0 Å². The van der Waals surface area contributed by atoms with Gasteiger partial charge in [-0.05, 0) is 30.7 Å². The first-order valence-electron chi connectivity index (χ1n) is 9.55. The number of nitrogens with one attached hydrogen (secondary N) is 1. The second-order valence-corrected chi connectivity index (χ2v) is 8.72. The van der Waals surface area contributed by atoms with Gasteiger partial charge in [0.2, 0.25) is 0 Å². The van der Waals surface area contributed by atoms with E-state index in [2.05, 4.69) is 19.5 Å². The summed E-state index contributed by atoms with van der Waals surface area (Å²) in [5.41, 5.74) is 1.29. The van der Waals surface area contributed by atoms with E-state index in [1.807, 2.05) is 6.07 Å². The Bertz CT molecular complexity index is 1170. The Morgan fingerprint density at radius 1 is 0.966 bits per heavy atom. The number of ether oxygens (including phenoxy) is 2. The number of aromatic nitrogens is 3. The molecule has 0 fully saturated rings. The maximum absolute atomic E-state index is 12.9. The molecule has 5 rings (SSSR count). The predicted molar refractivity (Wildman–Crippen MR) is 107 cm³/mol. The maximum Gasteiger partial charge on any atom is 0.262 e. The first kappa shape index (κ1) is 18.0. The van der Waals surface area contributed by atoms with Gasteiger partial charge in [0.05, 0.1) is 18.1 Å². The fourth-order valence-electron chi connectivity index (χ4n) is 3.61. The van der Waals surface area contributed by atoms with Crippen LogP contribution < -0.4 is 14.2 Å². The van der Waals surface area contributed by atoms with E-state index in [-0.39, 0.29) is 4.90 Å². The molecule has 0 radical (unpaired) electrons. The largest absolute Gasteiger partial charge is 0.490 e. The Hall–Kier alpha value is -3.07. The van der Waals surface area contributed by atoms with Gasteiger partial charge in [0, 0.05) is 36.7 Å². The molecule has 0 bridgehead atoms. The summed E-state index contributed by atoms with van der Waals surface area (Å²) in [6.45, 7) is 1.93. The van der Waals surface area contributed by atoms with E-state index in [4.69, 9.17) is 9.47 Å². The van der Waals surface area contributed by atoms with E-state index >= 15 is 0 Å². The van der Waals surface area contributed by atoms with Gasteiger partial charge in [-0.15, -0.1) is 10.2 Å². The minimum Gasteiger partial charge on any atom is -0.490 e. The topological polar surface area (TPSA) is 95.3 Å². The van der Waals surface area contributed by atoms with Crippen LogP contribution in [0.1, 0.15) is 18.7 Å². The van der Waals surface area contributed by atoms with Crippen LogP contribution in [0.25, 0.3) is 11.4 Å². The molecule has 0 saturated heterocycles. The molecular weight excluding hydrogens is 392 g/mol. The molecule has 8 nitrogen and oxygen atoms in total. The molecule has 0 atom stereocenters. The Kier molecular flexibility index (Phi) is 4.39. The lowest BCUT2D eigenvalue weighted by atomic mass is 10.2. The van der Waals surface area contributed by atoms with Crippen LogP contribution in [-0.2, 0) is 23.0 Å². The number of fused-ring (bicyclic) bond motifs is 2. The molecule has 29 heavy (non-hydrogen) atoms. The summed E-state index contributed by atoms with van der Waals surface area (Å²) in [4.78, 5) is 0.121. The number of benzene rings is 2. The third-order valence-corrected chi connectivity index (χ3v) is 6.39. The predicted octanol–water partition coefficient (Wildman–Crippen LogP) is 2.85. The number of hydrogen-bond acceptors (Lipinski definition) is 6. The number of hydrogen-bond donors (Lipinski definition) is 1. The molecule has 0 unspecified atom stereocenters. The van der Waals surface area contributed by atoms with Gasteiger partial charge in [0.15, 0.2) is 17.3 Å². The zero-order chi connectivity index (χ0) is 19.8. The summed E-state index contributed by atoms with van der Waals surface area (Å²) in [6, 6.07) is 11.8. The van der Waals surface area contributed by atoms with Crippen LogP contribution in [0.2, 0.25) is 0 Å². The summed E-state index contributed by atoms with van der Waals surface area (Å²) in [5, 5.41) is 8.49. The molecule has 0 aliphatic carbocycles. The van der Waals surface area contributed by atoms with E-state index in [0.29, 0.717) is 30.4 Å². The van der Waals surface area contributed by atoms with Crippen molar-refractivity contribution in [2.75, 3.05) is 17.9 Å². The van der Waals surface area contributed by atoms with E-state index in [9.17, 15) is 8.42 Å². The summed E-state index contributed by atoms with van der Waals surface area (Å²) in [5.74, 6) is 2.73. The summed E-state index contributed by atoms with van der Waals surface area (Å²) < 4.78 is 41.7. The van der Waals surface area contributed by atoms with Crippen molar-refractivity contribution in [1.29, 1.82) is 0 Å². The lowest BCUT2D eigenvalue weighted by Crippen LogP contribution is -2.13. The van der Waals surface area contributed by atoms with Crippen molar-refractivity contribution in [2.24, 2.45) is 0 Å². The average molecular weight is 412 g/mol. The van der Waals surface area contributed by atoms with Gasteiger partial charge in [-0.2, -0.15) is 0 Å². The van der Waals surface area contributed by atoms with E-state index in [0.717, 1.165) is 43.0 Å². The van der Waals surface area contributed by atoms with Gasteiger partial charge in [-0.3, -0.25) is 4.72 Å². The molecule has 0 spiro atoms. The lowest BCUT2D eigenvalue weighted by Gasteiger charge is -2.12. The minimum atomic E-state index is -3.78. The highest BCUT2D eigenvalue weighted by molar-refractivity contribution is 7.92. The highest BCUT2D eigenvalue weighted by Crippen LogP contribution is 2.33. The monoisotopic (exact) mass is 412 g/mol. The normalized spacial score (nSPS) is 15.6. The Labute approximate surface area is 168 Å². The van der Waals surface area contributed by atoms with E-state index in [1.54, 1.807) is 24.3 Å². The van der Waals surface area contributed by atoms with Gasteiger partial charge in [0.1, 0.15) is 5.82 Å². The third kappa shape index (κ3) is 3.42. The quantitative estimate of drug-likeness (QED) is 0.708. The molecule has 0 amide bonds. The van der Waals surface area contributed by atoms with Gasteiger partial charge in [-0.1, -0.05) is 12.1 Å². The SMILES string of the molecule is O=S(=O)(Nc1cccc(-c2nnc3n2CCC3)c1)c1ccc2c(c1)OCCCO2. The number of aryl methyl sites for hydroxylation is 1. The van der Waals surface area contributed by atoms with Crippen molar-refractivity contribution < 1.29 is 17.9 Å². The van der Waals surface area contributed by atoms with Crippen LogP contribution >= 0.6 is 0 Å². The molecule has 2 aromatic carbocycles. The first-order chi connectivity index (χ1) is 14.1. The summed E-state index contributed by atoms with van der Waals surface area (Å²) in [6.07, 6.45) is 2.73. The van der Waals surface area contributed by atoms with Crippen molar-refractivity contribution >= 4 is 15.7 Å². The Morgan fingerprint density at radius 2 is 1.83 bits per heavy atom. The molecule has 9 heteroatoms. The van der Waals surface area contributed by atoms with Crippen LogP contribution in [0, 0.1) is 0 Å². The van der Waals surface area contributed by atoms with Crippen molar-refractivity contribution in [3.05, 3.63) is 48.3 Å². The zero-order valence-corrected chi connectivity index (χ0v) is 16.5. The molecule has 1 aromatic heterocycles. The smallest absolute Gasteiger partial charge is 0.262 e. The molecule has 150 valence electrons. The number of anilines is 1. The first-order valence-corrected chi connectivity index (χ1v) is 11.0. The van der Waals surface area contributed by atoms with Gasteiger partial charge in [0.25, 0.3) is 10.0 Å². The van der Waals surface area contributed by atoms with Crippen LogP contribution in [0.4, 0.5) is 5.69 Å². The summed E-state index contributed by atoms with van der Waals surface area (Å²) in [7, 11) is -3.78. The average Bonchev–Trinajstić information content (AvgIpc) is 3.24. The second-order valence-electron chi connectivity index (χ2n) is 7.04. The standard InChI is InChI=1S/C20H20N4O4S/c25-29(26,16-7-8-17-18(13-16)28-11-3-10-27-17)23-15-5-1-4-14(12-15)20-22-21-19-6-2-9-24(19)20/h1,4-5,7-8,12-13,23H,2-3,6,9-11H2. The van der Waals surface area contributed by atoms with Crippen molar-refractivity contribution in [1.82, 2.24) is 14.8 Å². The maximum atomic E-state index is 12.9. The highest BCUT2D eigenvalue weighted by atomic mass is 32.2. The Morgan fingerprint density at radius 3 is 2.72 bits per heavy atom. The van der Waals surface area contributed by atoms with Crippen LogP contribution in [0.15, 0.2) is 47.4 Å². The van der Waals surface area contributed by atoms with Crippen LogP contribution in [-0.4, -0.2) is 36.4 Å². The molecular formula is C20H20N4O4S. The Balaban J connectivity index is 1.43. The number of rotatable bonds is 4. The molecule has 0 saturated carbocycles. The van der Waals surface area contributed by atoms with Crippen LogP contribution in [0.5, 0.6) is 11.5 Å². The molecule has 2 aliphatic rings. The van der Waals surface area contributed by atoms with Gasteiger partial charge < -0.3 is 14.0 Å². The van der Waals surface area contributed by atoms with E-state index in [1.165, 1.54) is 12.1 Å². The van der Waals surface area contributed by atoms with Crippen molar-refractivity contribution in [2.45, 2.75) is 30.7 Å². The number of nitrogens with zero attached hydrogens (tertiary/aromatic N) is 3. The number of sulfonamides is 1. The highest BCUT2D eigenvalue weighted by Gasteiger charge is 2.21. The van der Waals surface area contributed by atoms with E-state index < -0.39 is 10.0 Å².